The molecule has 3 rings (SSSR count). The van der Waals surface area contributed by atoms with E-state index in [0.29, 0.717) is 24.5 Å². The molecule has 2 N–H and O–H groups in total. The topological polar surface area (TPSA) is 63.0 Å². The second kappa shape index (κ2) is 4.58. The van der Waals surface area contributed by atoms with Crippen LogP contribution in [0.2, 0.25) is 0 Å². The van der Waals surface area contributed by atoms with Crippen LogP contribution in [0, 0.1) is 11.6 Å². The minimum atomic E-state index is -0.606. The maximum Gasteiger partial charge on any atom is 0.222 e. The summed E-state index contributed by atoms with van der Waals surface area (Å²) in [5, 5.41) is 16.2. The first-order valence-corrected chi connectivity index (χ1v) is 5.94. The summed E-state index contributed by atoms with van der Waals surface area (Å²) in [5.74, 6) is -0.440. The van der Waals surface area contributed by atoms with Gasteiger partial charge in [0.1, 0.15) is 18.2 Å². The summed E-state index contributed by atoms with van der Waals surface area (Å²) in [6.07, 6.45) is 0.615. The highest BCUT2D eigenvalue weighted by molar-refractivity contribution is 5.33. The third-order valence-electron chi connectivity index (χ3n) is 3.13. The number of hydrogen-bond acceptors (Lipinski definition) is 4. The van der Waals surface area contributed by atoms with E-state index >= 15 is 0 Å². The lowest BCUT2D eigenvalue weighted by atomic mass is 10.0. The molecule has 1 aliphatic rings. The van der Waals surface area contributed by atoms with Gasteiger partial charge >= 0.3 is 0 Å². The molecule has 1 atom stereocenters. The lowest BCUT2D eigenvalue weighted by molar-refractivity contribution is 0.270. The molecule has 19 heavy (non-hydrogen) atoms. The number of rotatable bonds is 2. The maximum atomic E-state index is 13.8. The van der Waals surface area contributed by atoms with E-state index in [2.05, 4.69) is 15.4 Å². The van der Waals surface area contributed by atoms with Gasteiger partial charge in [-0.25, -0.2) is 13.5 Å². The number of nitrogens with zero attached hydrogens (tertiary/aromatic N) is 3. The molecule has 1 aromatic carbocycles. The molecule has 2 aromatic rings. The summed E-state index contributed by atoms with van der Waals surface area (Å²) in [7, 11) is 0. The molecular formula is C12H12F2N4O. The molecule has 5 nitrogen and oxygen atoms in total. The van der Waals surface area contributed by atoms with Gasteiger partial charge in [0.05, 0.1) is 6.04 Å². The number of halogens is 2. The molecule has 2 heterocycles. The number of aliphatic hydroxyl groups excluding tert-OH is 1. The van der Waals surface area contributed by atoms with Crippen molar-refractivity contribution < 1.29 is 13.9 Å². The van der Waals surface area contributed by atoms with E-state index in [4.69, 9.17) is 5.11 Å². The van der Waals surface area contributed by atoms with Crippen LogP contribution < -0.4 is 5.32 Å². The molecule has 100 valence electrons. The first-order valence-electron chi connectivity index (χ1n) is 5.94. The number of fused-ring (bicyclic) bond motifs is 1. The standard InChI is InChI=1S/C12H12F2N4O/c13-7-1-2-8(9(14)5-7)10-3-4-15-12-16-11(6-19)17-18(10)12/h1-2,5,10,19H,3-4,6H2,(H,15,16,17). The summed E-state index contributed by atoms with van der Waals surface area (Å²) >= 11 is 0. The molecule has 0 amide bonds. The second-order valence-corrected chi connectivity index (χ2v) is 4.35. The number of hydrogen-bond donors (Lipinski definition) is 2. The number of anilines is 1. The van der Waals surface area contributed by atoms with Crippen molar-refractivity contribution in [2.75, 3.05) is 11.9 Å². The molecule has 1 unspecified atom stereocenters. The minimum Gasteiger partial charge on any atom is -0.388 e. The van der Waals surface area contributed by atoms with Crippen LogP contribution in [0.4, 0.5) is 14.7 Å². The quantitative estimate of drug-likeness (QED) is 0.863. The normalized spacial score (nSPS) is 17.9. The second-order valence-electron chi connectivity index (χ2n) is 4.35. The molecule has 1 aliphatic heterocycles. The summed E-state index contributed by atoms with van der Waals surface area (Å²) < 4.78 is 28.3. The molecule has 0 saturated heterocycles. The van der Waals surface area contributed by atoms with Crippen LogP contribution in [0.1, 0.15) is 23.9 Å². The largest absolute Gasteiger partial charge is 0.388 e. The molecule has 7 heteroatoms. The molecule has 0 bridgehead atoms. The van der Waals surface area contributed by atoms with Crippen LogP contribution in [-0.4, -0.2) is 26.4 Å². The van der Waals surface area contributed by atoms with Crippen LogP contribution in [0.5, 0.6) is 0 Å². The number of benzene rings is 1. The van der Waals surface area contributed by atoms with E-state index < -0.39 is 11.6 Å². The van der Waals surface area contributed by atoms with Crippen LogP contribution in [0.3, 0.4) is 0 Å². The Kier molecular flexibility index (Phi) is 2.90. The van der Waals surface area contributed by atoms with Gasteiger partial charge in [-0.3, -0.25) is 0 Å². The van der Waals surface area contributed by atoms with Gasteiger partial charge in [0.15, 0.2) is 5.82 Å². The maximum absolute atomic E-state index is 13.8. The Morgan fingerprint density at radius 3 is 3.00 bits per heavy atom. The Balaban J connectivity index is 2.05. The van der Waals surface area contributed by atoms with E-state index in [0.717, 1.165) is 6.07 Å². The predicted octanol–water partition coefficient (Wildman–Crippen LogP) is 1.45. The van der Waals surface area contributed by atoms with Gasteiger partial charge in [-0.15, -0.1) is 0 Å². The molecule has 0 fully saturated rings. The summed E-state index contributed by atoms with van der Waals surface area (Å²) in [6.45, 7) is 0.339. The minimum absolute atomic E-state index is 0.275. The average molecular weight is 266 g/mol. The monoisotopic (exact) mass is 266 g/mol. The molecule has 0 saturated carbocycles. The van der Waals surface area contributed by atoms with Crippen molar-refractivity contribution in [2.45, 2.75) is 19.1 Å². The fourth-order valence-electron chi connectivity index (χ4n) is 2.27. The Hall–Kier alpha value is -2.02. The predicted molar refractivity (Wildman–Crippen MR) is 63.5 cm³/mol. The van der Waals surface area contributed by atoms with Crippen LogP contribution >= 0.6 is 0 Å². The molecule has 0 spiro atoms. The molecule has 0 radical (unpaired) electrons. The lowest BCUT2D eigenvalue weighted by Gasteiger charge is -2.24. The Bertz CT molecular complexity index is 614. The van der Waals surface area contributed by atoms with Gasteiger partial charge in [0, 0.05) is 18.2 Å². The fraction of sp³-hybridized carbons (Fsp3) is 0.333. The van der Waals surface area contributed by atoms with Gasteiger partial charge in [-0.2, -0.15) is 10.1 Å². The highest BCUT2D eigenvalue weighted by atomic mass is 19.1. The third-order valence-corrected chi connectivity index (χ3v) is 3.13. The first-order chi connectivity index (χ1) is 9.19. The van der Waals surface area contributed by atoms with Gasteiger partial charge < -0.3 is 10.4 Å². The third kappa shape index (κ3) is 2.06. The average Bonchev–Trinajstić information content (AvgIpc) is 2.82. The lowest BCUT2D eigenvalue weighted by Crippen LogP contribution is -2.25. The van der Waals surface area contributed by atoms with Crippen molar-refractivity contribution in [1.29, 1.82) is 0 Å². The van der Waals surface area contributed by atoms with Gasteiger partial charge in [-0.1, -0.05) is 6.07 Å². The van der Waals surface area contributed by atoms with E-state index in [-0.39, 0.29) is 18.5 Å². The van der Waals surface area contributed by atoms with Crippen molar-refractivity contribution in [1.82, 2.24) is 14.8 Å². The number of aromatic nitrogens is 3. The van der Waals surface area contributed by atoms with Crippen molar-refractivity contribution in [3.8, 4) is 0 Å². The van der Waals surface area contributed by atoms with Crippen molar-refractivity contribution >= 4 is 5.95 Å². The first kappa shape index (κ1) is 12.0. The zero-order valence-electron chi connectivity index (χ0n) is 9.98. The molecule has 0 aliphatic carbocycles. The zero-order valence-corrected chi connectivity index (χ0v) is 9.98. The number of nitrogens with one attached hydrogen (secondary N) is 1. The van der Waals surface area contributed by atoms with Gasteiger partial charge in [-0.05, 0) is 12.5 Å². The van der Waals surface area contributed by atoms with E-state index in [1.54, 1.807) is 0 Å². The fourth-order valence-corrected chi connectivity index (χ4v) is 2.27. The summed E-state index contributed by atoms with van der Waals surface area (Å²) in [5.41, 5.74) is 0.374. The van der Waals surface area contributed by atoms with E-state index in [9.17, 15) is 8.78 Å². The van der Waals surface area contributed by atoms with Crippen molar-refractivity contribution in [3.05, 3.63) is 41.2 Å². The Morgan fingerprint density at radius 2 is 2.26 bits per heavy atom. The molecular weight excluding hydrogens is 254 g/mol. The van der Waals surface area contributed by atoms with Crippen LogP contribution in [0.15, 0.2) is 18.2 Å². The van der Waals surface area contributed by atoms with Gasteiger partial charge in [0.25, 0.3) is 0 Å². The molecule has 1 aromatic heterocycles. The summed E-state index contributed by atoms with van der Waals surface area (Å²) in [6, 6.07) is 3.17. The van der Waals surface area contributed by atoms with Crippen molar-refractivity contribution in [3.63, 3.8) is 0 Å². The highest BCUT2D eigenvalue weighted by Gasteiger charge is 2.26. The smallest absolute Gasteiger partial charge is 0.222 e. The highest BCUT2D eigenvalue weighted by Crippen LogP contribution is 2.30. The SMILES string of the molecule is OCc1nc2n(n1)C(c1ccc(F)cc1F)CCN2. The Morgan fingerprint density at radius 1 is 1.42 bits per heavy atom. The van der Waals surface area contributed by atoms with Gasteiger partial charge in [0.2, 0.25) is 5.95 Å². The van der Waals surface area contributed by atoms with E-state index in [1.807, 2.05) is 0 Å². The van der Waals surface area contributed by atoms with Crippen LogP contribution in [-0.2, 0) is 6.61 Å². The Labute approximate surface area is 107 Å². The van der Waals surface area contributed by atoms with E-state index in [1.165, 1.54) is 16.8 Å². The number of aliphatic hydroxyl groups is 1. The zero-order chi connectivity index (χ0) is 13.4. The van der Waals surface area contributed by atoms with Crippen LogP contribution in [0.25, 0.3) is 0 Å². The summed E-state index contributed by atoms with van der Waals surface area (Å²) in [4.78, 5) is 4.09. The van der Waals surface area contributed by atoms with Crippen molar-refractivity contribution in [2.24, 2.45) is 0 Å².